The van der Waals surface area contributed by atoms with Crippen molar-refractivity contribution in [2.75, 3.05) is 5.75 Å². The summed E-state index contributed by atoms with van der Waals surface area (Å²) >= 11 is 1.42. The predicted octanol–water partition coefficient (Wildman–Crippen LogP) is 7.31. The largest absolute Gasteiger partial charge is 0.299 e. The second-order valence-electron chi connectivity index (χ2n) is 10.1. The van der Waals surface area contributed by atoms with Crippen molar-refractivity contribution in [1.82, 2.24) is 20.2 Å². The van der Waals surface area contributed by atoms with Crippen molar-refractivity contribution in [3.8, 4) is 11.4 Å². The van der Waals surface area contributed by atoms with E-state index in [1.165, 1.54) is 36.6 Å². The molecule has 6 nitrogen and oxygen atoms in total. The summed E-state index contributed by atoms with van der Waals surface area (Å²) in [5, 5.41) is 18.7. The molecule has 5 aromatic rings. The van der Waals surface area contributed by atoms with Crippen LogP contribution >= 0.6 is 11.8 Å². The molecule has 39 heavy (non-hydrogen) atoms. The lowest BCUT2D eigenvalue weighted by atomic mass is 9.95. The van der Waals surface area contributed by atoms with E-state index >= 15 is 0 Å². The smallest absolute Gasteiger partial charge is 0.250 e. The Morgan fingerprint density at radius 2 is 1.62 bits per heavy atom. The first-order chi connectivity index (χ1) is 19.2. The molecule has 196 valence electrons. The number of carbonyl (C=O) groups excluding carboxylic acids is 1. The molecule has 0 unspecified atom stereocenters. The highest BCUT2D eigenvalue weighted by atomic mass is 32.2. The second kappa shape index (κ2) is 11.4. The third-order valence-electron chi connectivity index (χ3n) is 7.44. The Kier molecular flexibility index (Phi) is 7.41. The van der Waals surface area contributed by atoms with Crippen molar-refractivity contribution in [1.29, 1.82) is 0 Å². The van der Waals surface area contributed by atoms with Crippen molar-refractivity contribution in [3.63, 3.8) is 0 Å². The zero-order valence-corrected chi connectivity index (χ0v) is 22.8. The number of hydrogen-bond donors (Lipinski definition) is 1. The van der Waals surface area contributed by atoms with Crippen LogP contribution in [0.3, 0.4) is 0 Å². The number of thioether (sulfide) groups is 1. The molecule has 1 fully saturated rings. The number of aromatic nitrogens is 3. The van der Waals surface area contributed by atoms with Crippen LogP contribution in [0.5, 0.6) is 0 Å². The van der Waals surface area contributed by atoms with E-state index < -0.39 is 0 Å². The molecule has 1 aliphatic carbocycles. The van der Waals surface area contributed by atoms with Gasteiger partial charge in [0.2, 0.25) is 0 Å². The van der Waals surface area contributed by atoms with E-state index in [2.05, 4.69) is 86.8 Å². The summed E-state index contributed by atoms with van der Waals surface area (Å²) in [6, 6.07) is 27.4. The Morgan fingerprint density at radius 1 is 0.949 bits per heavy atom. The van der Waals surface area contributed by atoms with Gasteiger partial charge in [-0.1, -0.05) is 109 Å². The van der Waals surface area contributed by atoms with Gasteiger partial charge in [-0.15, -0.1) is 10.2 Å². The third-order valence-corrected chi connectivity index (χ3v) is 8.39. The van der Waals surface area contributed by atoms with Crippen molar-refractivity contribution >= 4 is 45.4 Å². The molecule has 1 amide bonds. The van der Waals surface area contributed by atoms with E-state index in [9.17, 15) is 4.79 Å². The number of rotatable bonds is 7. The zero-order valence-electron chi connectivity index (χ0n) is 22.0. The number of hydrazone groups is 1. The minimum atomic E-state index is -0.170. The zero-order chi connectivity index (χ0) is 26.6. The molecule has 0 atom stereocenters. The van der Waals surface area contributed by atoms with Crippen molar-refractivity contribution < 1.29 is 4.79 Å². The van der Waals surface area contributed by atoms with E-state index in [-0.39, 0.29) is 11.7 Å². The monoisotopic (exact) mass is 533 g/mol. The highest BCUT2D eigenvalue weighted by Gasteiger charge is 2.24. The van der Waals surface area contributed by atoms with Gasteiger partial charge in [-0.25, -0.2) is 5.43 Å². The number of hydrogen-bond acceptors (Lipinski definition) is 5. The first kappa shape index (κ1) is 25.3. The minimum Gasteiger partial charge on any atom is -0.299 e. The lowest BCUT2D eigenvalue weighted by molar-refractivity contribution is -0.118. The Hall–Kier alpha value is -3.97. The normalized spacial score (nSPS) is 14.4. The van der Waals surface area contributed by atoms with Gasteiger partial charge in [0.15, 0.2) is 11.0 Å². The first-order valence-corrected chi connectivity index (χ1v) is 14.5. The molecule has 0 radical (unpaired) electrons. The Labute approximate surface area is 232 Å². The maximum Gasteiger partial charge on any atom is 0.250 e. The van der Waals surface area contributed by atoms with Crippen molar-refractivity contribution in [2.45, 2.75) is 50.2 Å². The van der Waals surface area contributed by atoms with Gasteiger partial charge in [-0.2, -0.15) is 5.10 Å². The topological polar surface area (TPSA) is 72.2 Å². The number of nitrogens with one attached hydrogen (secondary N) is 1. The van der Waals surface area contributed by atoms with E-state index in [1.807, 2.05) is 24.3 Å². The molecule has 6 rings (SSSR count). The Morgan fingerprint density at radius 3 is 2.31 bits per heavy atom. The summed E-state index contributed by atoms with van der Waals surface area (Å²) in [4.78, 5) is 12.8. The molecular formula is C32H31N5OS. The third kappa shape index (κ3) is 5.45. The van der Waals surface area contributed by atoms with Crippen LogP contribution in [-0.2, 0) is 4.79 Å². The molecule has 1 N–H and O–H groups in total. The Balaban J connectivity index is 1.20. The van der Waals surface area contributed by atoms with Crippen LogP contribution in [0.25, 0.3) is 32.9 Å². The fourth-order valence-electron chi connectivity index (χ4n) is 5.46. The minimum absolute atomic E-state index is 0.170. The lowest BCUT2D eigenvalue weighted by Gasteiger charge is -2.25. The molecule has 1 aromatic heterocycles. The molecule has 1 heterocycles. The first-order valence-electron chi connectivity index (χ1n) is 13.5. The molecule has 4 aromatic carbocycles. The number of aryl methyl sites for hydroxylation is 1. The highest BCUT2D eigenvalue weighted by molar-refractivity contribution is 7.99. The summed E-state index contributed by atoms with van der Waals surface area (Å²) in [6.45, 7) is 2.08. The van der Waals surface area contributed by atoms with Gasteiger partial charge < -0.3 is 0 Å². The van der Waals surface area contributed by atoms with Crippen molar-refractivity contribution in [3.05, 3.63) is 90.0 Å². The molecule has 0 aliphatic heterocycles. The van der Waals surface area contributed by atoms with E-state index in [0.29, 0.717) is 6.04 Å². The van der Waals surface area contributed by atoms with Crippen LogP contribution in [0, 0.1) is 6.92 Å². The van der Waals surface area contributed by atoms with E-state index in [0.717, 1.165) is 56.5 Å². The lowest BCUT2D eigenvalue weighted by Crippen LogP contribution is -2.20. The van der Waals surface area contributed by atoms with Gasteiger partial charge >= 0.3 is 0 Å². The number of nitrogens with zero attached hydrogens (tertiary/aromatic N) is 4. The molecule has 0 saturated heterocycles. The summed E-state index contributed by atoms with van der Waals surface area (Å²) < 4.78 is 2.26. The molecule has 7 heteroatoms. The second-order valence-corrected chi connectivity index (χ2v) is 11.1. The standard InChI is InChI=1S/C32H31N5OS/c1-22-15-17-23(18-16-22)31-35-36-32(37(31)26-11-3-2-4-12-26)39-21-30(38)34-33-20-29-27-13-7-5-9-24(27)19-25-10-6-8-14-28(25)29/h5-10,13-20,26H,2-4,11-12,21H2,1H3,(H,34,38)/b33-20-. The van der Waals surface area contributed by atoms with E-state index in [1.54, 1.807) is 6.21 Å². The molecular weight excluding hydrogens is 502 g/mol. The average molecular weight is 534 g/mol. The van der Waals surface area contributed by atoms with Crippen LogP contribution in [0.2, 0.25) is 0 Å². The maximum atomic E-state index is 12.8. The van der Waals surface area contributed by atoms with Gasteiger partial charge in [0.1, 0.15) is 0 Å². The van der Waals surface area contributed by atoms with Gasteiger partial charge in [-0.05, 0) is 47.4 Å². The maximum absolute atomic E-state index is 12.8. The van der Waals surface area contributed by atoms with Crippen LogP contribution in [-0.4, -0.2) is 32.6 Å². The number of benzene rings is 4. The molecule has 1 aliphatic rings. The number of fused-ring (bicyclic) bond motifs is 2. The summed E-state index contributed by atoms with van der Waals surface area (Å²) in [6.07, 6.45) is 7.66. The molecule has 1 saturated carbocycles. The predicted molar refractivity (Wildman–Crippen MR) is 160 cm³/mol. The van der Waals surface area contributed by atoms with Gasteiger partial charge in [0.05, 0.1) is 12.0 Å². The summed E-state index contributed by atoms with van der Waals surface area (Å²) in [7, 11) is 0. The SMILES string of the molecule is Cc1ccc(-c2nnc(SCC(=O)N/N=C\c3c4ccccc4cc4ccccc34)n2C2CCCCC2)cc1. The quantitative estimate of drug-likeness (QED) is 0.103. The fraction of sp³-hybridized carbons (Fsp3) is 0.250. The molecule has 0 bridgehead atoms. The van der Waals surface area contributed by atoms with Crippen LogP contribution in [0.4, 0.5) is 0 Å². The van der Waals surface area contributed by atoms with Crippen LogP contribution in [0.15, 0.2) is 89.1 Å². The summed E-state index contributed by atoms with van der Waals surface area (Å²) in [5.41, 5.74) is 5.99. The van der Waals surface area contributed by atoms with Crippen LogP contribution < -0.4 is 5.43 Å². The van der Waals surface area contributed by atoms with Crippen molar-refractivity contribution in [2.24, 2.45) is 5.10 Å². The number of carbonyl (C=O) groups is 1. The number of amides is 1. The fourth-order valence-corrected chi connectivity index (χ4v) is 6.26. The Bertz CT molecular complexity index is 1600. The van der Waals surface area contributed by atoms with Gasteiger partial charge in [0.25, 0.3) is 5.91 Å². The van der Waals surface area contributed by atoms with Gasteiger partial charge in [-0.3, -0.25) is 9.36 Å². The summed E-state index contributed by atoms with van der Waals surface area (Å²) in [5.74, 6) is 0.924. The van der Waals surface area contributed by atoms with Crippen LogP contribution in [0.1, 0.15) is 49.3 Å². The van der Waals surface area contributed by atoms with E-state index in [4.69, 9.17) is 0 Å². The molecule has 0 spiro atoms. The average Bonchev–Trinajstić information content (AvgIpc) is 3.40. The highest BCUT2D eigenvalue weighted by Crippen LogP contribution is 2.35. The van der Waals surface area contributed by atoms with Gasteiger partial charge in [0, 0.05) is 17.2 Å².